The molecule has 0 bridgehead atoms. The van der Waals surface area contributed by atoms with E-state index < -0.39 is 0 Å². The minimum absolute atomic E-state index is 0. The Labute approximate surface area is 156 Å². The molecule has 3 heterocycles. The maximum atomic E-state index is 12.5. The van der Waals surface area contributed by atoms with Gasteiger partial charge in [-0.15, -0.1) is 24.8 Å². The SMILES string of the molecule is Cl.Cl.O=C(NCCN1CCNCC1)c1cccnc1N1CCCC1. The molecule has 0 atom stereocenters. The number of amides is 1. The predicted molar refractivity (Wildman–Crippen MR) is 102 cm³/mol. The van der Waals surface area contributed by atoms with Gasteiger partial charge in [-0.25, -0.2) is 4.98 Å². The Hall–Kier alpha value is -1.08. The Kier molecular flexibility index (Phi) is 9.36. The van der Waals surface area contributed by atoms with Crippen molar-refractivity contribution < 1.29 is 4.79 Å². The van der Waals surface area contributed by atoms with Crippen LogP contribution in [-0.2, 0) is 0 Å². The van der Waals surface area contributed by atoms with Gasteiger partial charge in [0.25, 0.3) is 5.91 Å². The van der Waals surface area contributed by atoms with Gasteiger partial charge in [-0.2, -0.15) is 0 Å². The maximum absolute atomic E-state index is 12.5. The van der Waals surface area contributed by atoms with Crippen LogP contribution in [0.5, 0.6) is 0 Å². The number of rotatable bonds is 5. The molecule has 1 aromatic rings. The van der Waals surface area contributed by atoms with Crippen LogP contribution in [0.25, 0.3) is 0 Å². The average Bonchev–Trinajstić information content (AvgIpc) is 3.10. The van der Waals surface area contributed by atoms with Crippen molar-refractivity contribution in [2.24, 2.45) is 0 Å². The standard InChI is InChI=1S/C16H25N5O.2ClH/c22-16(19-8-13-20-11-6-17-7-12-20)14-4-3-5-18-15(14)21-9-1-2-10-21;;/h3-5,17H,1-2,6-13H2,(H,19,22);2*1H. The first-order chi connectivity index (χ1) is 10.8. The molecule has 2 saturated heterocycles. The molecule has 2 N–H and O–H groups in total. The highest BCUT2D eigenvalue weighted by Gasteiger charge is 2.20. The Bertz CT molecular complexity index is 505. The first-order valence-corrected chi connectivity index (χ1v) is 8.26. The number of hydrogen-bond acceptors (Lipinski definition) is 5. The van der Waals surface area contributed by atoms with Gasteiger partial charge in [-0.3, -0.25) is 9.69 Å². The third-order valence-electron chi connectivity index (χ3n) is 4.36. The number of nitrogens with one attached hydrogen (secondary N) is 2. The second kappa shape index (κ2) is 10.7. The highest BCUT2D eigenvalue weighted by molar-refractivity contribution is 5.98. The van der Waals surface area contributed by atoms with Crippen molar-refractivity contribution in [1.82, 2.24) is 20.5 Å². The fourth-order valence-electron chi connectivity index (χ4n) is 3.11. The molecule has 1 aromatic heterocycles. The number of hydrogen-bond donors (Lipinski definition) is 2. The van der Waals surface area contributed by atoms with Crippen LogP contribution in [0, 0.1) is 0 Å². The summed E-state index contributed by atoms with van der Waals surface area (Å²) in [5, 5.41) is 6.38. The summed E-state index contributed by atoms with van der Waals surface area (Å²) in [5.74, 6) is 0.824. The van der Waals surface area contributed by atoms with Crippen molar-refractivity contribution in [2.45, 2.75) is 12.8 Å². The summed E-state index contributed by atoms with van der Waals surface area (Å²) in [5.41, 5.74) is 0.699. The van der Waals surface area contributed by atoms with Crippen molar-refractivity contribution in [3.8, 4) is 0 Å². The summed E-state index contributed by atoms with van der Waals surface area (Å²) < 4.78 is 0. The fraction of sp³-hybridized carbons (Fsp3) is 0.625. The molecule has 2 aliphatic rings. The van der Waals surface area contributed by atoms with Gasteiger partial charge in [-0.05, 0) is 25.0 Å². The Morgan fingerprint density at radius 3 is 2.58 bits per heavy atom. The minimum atomic E-state index is -0.00913. The topological polar surface area (TPSA) is 60.5 Å². The van der Waals surface area contributed by atoms with E-state index >= 15 is 0 Å². The van der Waals surface area contributed by atoms with Gasteiger partial charge in [0.1, 0.15) is 5.82 Å². The number of carbonyl (C=O) groups excluding carboxylic acids is 1. The van der Waals surface area contributed by atoms with Gasteiger partial charge in [-0.1, -0.05) is 0 Å². The molecule has 0 unspecified atom stereocenters. The molecule has 2 aliphatic heterocycles. The van der Waals surface area contributed by atoms with Crippen LogP contribution in [0.15, 0.2) is 18.3 Å². The lowest BCUT2D eigenvalue weighted by atomic mass is 10.2. The quantitative estimate of drug-likeness (QED) is 0.808. The van der Waals surface area contributed by atoms with E-state index in [9.17, 15) is 4.79 Å². The second-order valence-electron chi connectivity index (χ2n) is 5.92. The summed E-state index contributed by atoms with van der Waals surface area (Å²) in [4.78, 5) is 21.5. The zero-order valence-corrected chi connectivity index (χ0v) is 15.5. The maximum Gasteiger partial charge on any atom is 0.255 e. The normalized spacial score (nSPS) is 17.8. The molecule has 8 heteroatoms. The first-order valence-electron chi connectivity index (χ1n) is 8.26. The molecule has 3 rings (SSSR count). The molecule has 136 valence electrons. The van der Waals surface area contributed by atoms with E-state index in [2.05, 4.69) is 25.4 Å². The van der Waals surface area contributed by atoms with Gasteiger partial charge in [0.05, 0.1) is 5.56 Å². The van der Waals surface area contributed by atoms with E-state index in [1.54, 1.807) is 6.20 Å². The number of nitrogens with zero attached hydrogens (tertiary/aromatic N) is 3. The van der Waals surface area contributed by atoms with Gasteiger partial charge in [0.2, 0.25) is 0 Å². The molecule has 0 saturated carbocycles. The van der Waals surface area contributed by atoms with Gasteiger partial charge >= 0.3 is 0 Å². The van der Waals surface area contributed by atoms with Crippen LogP contribution in [-0.4, -0.2) is 68.1 Å². The number of anilines is 1. The number of carbonyl (C=O) groups is 1. The van der Waals surface area contributed by atoms with Crippen molar-refractivity contribution in [3.05, 3.63) is 23.9 Å². The molecular weight excluding hydrogens is 349 g/mol. The first kappa shape index (κ1) is 21.0. The van der Waals surface area contributed by atoms with Crippen LogP contribution in [0.1, 0.15) is 23.2 Å². The lowest BCUT2D eigenvalue weighted by molar-refractivity contribution is 0.0947. The third kappa shape index (κ3) is 5.48. The van der Waals surface area contributed by atoms with Crippen LogP contribution in [0.4, 0.5) is 5.82 Å². The molecule has 0 aromatic carbocycles. The molecular formula is C16H27Cl2N5O. The Morgan fingerprint density at radius 2 is 1.88 bits per heavy atom. The van der Waals surface area contributed by atoms with Crippen molar-refractivity contribution >= 4 is 36.5 Å². The molecule has 0 radical (unpaired) electrons. The van der Waals surface area contributed by atoms with Crippen LogP contribution in [0.2, 0.25) is 0 Å². The smallest absolute Gasteiger partial charge is 0.255 e. The van der Waals surface area contributed by atoms with Crippen LogP contribution < -0.4 is 15.5 Å². The summed E-state index contributed by atoms with van der Waals surface area (Å²) in [6.07, 6.45) is 4.13. The highest BCUT2D eigenvalue weighted by Crippen LogP contribution is 2.21. The fourth-order valence-corrected chi connectivity index (χ4v) is 3.11. The zero-order chi connectivity index (χ0) is 15.2. The lowest BCUT2D eigenvalue weighted by Gasteiger charge is -2.27. The van der Waals surface area contributed by atoms with E-state index in [4.69, 9.17) is 0 Å². The van der Waals surface area contributed by atoms with Gasteiger partial charge < -0.3 is 15.5 Å². The van der Waals surface area contributed by atoms with Crippen LogP contribution in [0.3, 0.4) is 0 Å². The number of aromatic nitrogens is 1. The summed E-state index contributed by atoms with van der Waals surface area (Å²) in [7, 11) is 0. The van der Waals surface area contributed by atoms with Gasteiger partial charge in [0, 0.05) is 58.6 Å². The minimum Gasteiger partial charge on any atom is -0.356 e. The number of pyridine rings is 1. The molecule has 0 aliphatic carbocycles. The number of piperazine rings is 1. The van der Waals surface area contributed by atoms with E-state index in [1.807, 2.05) is 12.1 Å². The summed E-state index contributed by atoms with van der Waals surface area (Å²) >= 11 is 0. The summed E-state index contributed by atoms with van der Waals surface area (Å²) in [6, 6.07) is 3.71. The van der Waals surface area contributed by atoms with E-state index in [-0.39, 0.29) is 30.7 Å². The average molecular weight is 376 g/mol. The molecule has 1 amide bonds. The zero-order valence-electron chi connectivity index (χ0n) is 13.9. The van der Waals surface area contributed by atoms with Crippen molar-refractivity contribution in [1.29, 1.82) is 0 Å². The summed E-state index contributed by atoms with van der Waals surface area (Å²) in [6.45, 7) is 7.78. The van der Waals surface area contributed by atoms with E-state index in [1.165, 1.54) is 12.8 Å². The largest absolute Gasteiger partial charge is 0.356 e. The Balaban J connectivity index is 0.00000144. The van der Waals surface area contributed by atoms with Crippen molar-refractivity contribution in [3.63, 3.8) is 0 Å². The third-order valence-corrected chi connectivity index (χ3v) is 4.36. The van der Waals surface area contributed by atoms with E-state index in [0.717, 1.165) is 51.6 Å². The van der Waals surface area contributed by atoms with E-state index in [0.29, 0.717) is 12.1 Å². The molecule has 6 nitrogen and oxygen atoms in total. The molecule has 2 fully saturated rings. The lowest BCUT2D eigenvalue weighted by Crippen LogP contribution is -2.46. The molecule has 0 spiro atoms. The predicted octanol–water partition coefficient (Wildman–Crippen LogP) is 1.16. The number of halogens is 2. The monoisotopic (exact) mass is 375 g/mol. The Morgan fingerprint density at radius 1 is 1.17 bits per heavy atom. The van der Waals surface area contributed by atoms with Crippen LogP contribution >= 0.6 is 24.8 Å². The van der Waals surface area contributed by atoms with Gasteiger partial charge in [0.15, 0.2) is 0 Å². The van der Waals surface area contributed by atoms with Crippen molar-refractivity contribution in [2.75, 3.05) is 57.3 Å². The second-order valence-corrected chi connectivity index (χ2v) is 5.92. The molecule has 24 heavy (non-hydrogen) atoms. The highest BCUT2D eigenvalue weighted by atomic mass is 35.5.